The van der Waals surface area contributed by atoms with Crippen LogP contribution < -0.4 is 25.5 Å². The van der Waals surface area contributed by atoms with E-state index in [4.69, 9.17) is 0 Å². The average molecular weight is 598 g/mol. The predicted molar refractivity (Wildman–Crippen MR) is 102 cm³/mol. The summed E-state index contributed by atoms with van der Waals surface area (Å²) in [5, 5.41) is 47.6. The summed E-state index contributed by atoms with van der Waals surface area (Å²) in [5.41, 5.74) is 0. The summed E-state index contributed by atoms with van der Waals surface area (Å²) in [7, 11) is 0. The summed E-state index contributed by atoms with van der Waals surface area (Å²) in [6.45, 7) is 10.5. The molecule has 0 saturated carbocycles. The fourth-order valence-electron chi connectivity index (χ4n) is 0.722. The molecule has 10 nitrogen and oxygen atoms in total. The van der Waals surface area contributed by atoms with Gasteiger partial charge in [0.05, 0.1) is 0 Å². The SMILES string of the molecule is CCCC[O-].CCCC[O-].CCCC[O-].CCCC[O-].CCCC[O-].[O-2].[O-2].[O-2].[O-2].[O-2].[V+5].[V+5].[V+5]. The van der Waals surface area contributed by atoms with Crippen molar-refractivity contribution in [2.75, 3.05) is 33.0 Å². The van der Waals surface area contributed by atoms with Crippen molar-refractivity contribution in [3.63, 3.8) is 0 Å². The minimum Gasteiger partial charge on any atom is -2.00 e. The number of rotatable bonds is 10. The maximum Gasteiger partial charge on any atom is 5.00 e. The first-order valence-corrected chi connectivity index (χ1v) is 9.98. The molecule has 33 heavy (non-hydrogen) atoms. The Morgan fingerprint density at radius 1 is 0.303 bits per heavy atom. The fourth-order valence-corrected chi connectivity index (χ4v) is 0.722. The van der Waals surface area contributed by atoms with Crippen molar-refractivity contribution in [2.45, 2.75) is 98.8 Å². The molecule has 0 rings (SSSR count). The molecule has 0 radical (unpaired) electrons. The maximum atomic E-state index is 9.53. The first-order valence-electron chi connectivity index (χ1n) is 9.98. The number of hydrogen-bond donors (Lipinski definition) is 0. The van der Waals surface area contributed by atoms with E-state index in [1.807, 2.05) is 34.6 Å². The molecule has 0 atom stereocenters. The molecule has 0 aromatic carbocycles. The average Bonchev–Trinajstić information content (AvgIpc) is 2.61. The first kappa shape index (κ1) is 83.8. The van der Waals surface area contributed by atoms with Crippen LogP contribution in [0.2, 0.25) is 0 Å². The Balaban J connectivity index is -0.0000000130. The number of hydrogen-bond acceptors (Lipinski definition) is 5. The van der Waals surface area contributed by atoms with Crippen LogP contribution in [0, 0.1) is 0 Å². The van der Waals surface area contributed by atoms with Crippen LogP contribution in [0.5, 0.6) is 0 Å². The van der Waals surface area contributed by atoms with E-state index in [2.05, 4.69) is 0 Å². The Morgan fingerprint density at radius 3 is 0.394 bits per heavy atom. The van der Waals surface area contributed by atoms with E-state index in [0.717, 1.165) is 64.2 Å². The summed E-state index contributed by atoms with van der Waals surface area (Å²) in [5.74, 6) is 0. The van der Waals surface area contributed by atoms with Crippen molar-refractivity contribution in [3.05, 3.63) is 0 Å². The molecule has 13 heteroatoms. The molecule has 0 aromatic heterocycles. The van der Waals surface area contributed by atoms with E-state index in [-0.39, 0.29) is 116 Å². The Hall–Kier alpha value is 1.35. The summed E-state index contributed by atoms with van der Waals surface area (Å²) in [6, 6.07) is 0. The van der Waals surface area contributed by atoms with Crippen LogP contribution in [0.1, 0.15) is 98.8 Å². The van der Waals surface area contributed by atoms with E-state index < -0.39 is 0 Å². The molecule has 0 heterocycles. The van der Waals surface area contributed by atoms with Crippen LogP contribution in [0.4, 0.5) is 0 Å². The van der Waals surface area contributed by atoms with Gasteiger partial charge in [-0.25, -0.2) is 0 Å². The second-order valence-electron chi connectivity index (χ2n) is 5.29. The molecule has 0 N–H and O–H groups in total. The zero-order valence-corrected chi connectivity index (χ0v) is 25.2. The molecule has 0 bridgehead atoms. The normalized spacial score (nSPS) is 6.36. The van der Waals surface area contributed by atoms with Gasteiger partial charge in [-0.3, -0.25) is 0 Å². The van der Waals surface area contributed by atoms with Gasteiger partial charge in [0.1, 0.15) is 0 Å². The monoisotopic (exact) mass is 598 g/mol. The van der Waals surface area contributed by atoms with E-state index in [9.17, 15) is 25.5 Å². The third-order valence-corrected chi connectivity index (χ3v) is 2.49. The van der Waals surface area contributed by atoms with Gasteiger partial charge in [0.25, 0.3) is 0 Å². The second-order valence-corrected chi connectivity index (χ2v) is 5.29. The summed E-state index contributed by atoms with van der Waals surface area (Å²) in [6.07, 6.45) is 9.32. The third kappa shape index (κ3) is 254. The fraction of sp³-hybridized carbons (Fsp3) is 1.00. The predicted octanol–water partition coefficient (Wildman–Crippen LogP) is 0.133. The summed E-state index contributed by atoms with van der Waals surface area (Å²) in [4.78, 5) is 0. The molecule has 0 aliphatic heterocycles. The molecule has 0 aliphatic rings. The van der Waals surface area contributed by atoms with Crippen LogP contribution in [0.15, 0.2) is 0 Å². The van der Waals surface area contributed by atoms with Crippen molar-refractivity contribution >= 4 is 0 Å². The third-order valence-electron chi connectivity index (χ3n) is 2.49. The van der Waals surface area contributed by atoms with Crippen molar-refractivity contribution in [1.82, 2.24) is 0 Å². The Morgan fingerprint density at radius 2 is 0.394 bits per heavy atom. The molecular weight excluding hydrogens is 553 g/mol. The van der Waals surface area contributed by atoms with Gasteiger partial charge in [0.2, 0.25) is 0 Å². The summed E-state index contributed by atoms with van der Waals surface area (Å²) < 4.78 is 0. The van der Waals surface area contributed by atoms with Crippen LogP contribution in [-0.2, 0) is 83.0 Å². The van der Waals surface area contributed by atoms with Gasteiger partial charge < -0.3 is 52.9 Å². The molecule has 0 spiro atoms. The van der Waals surface area contributed by atoms with Crippen molar-refractivity contribution in [3.8, 4) is 0 Å². The van der Waals surface area contributed by atoms with Crippen molar-refractivity contribution < 1.29 is 109 Å². The minimum absolute atomic E-state index is 0. The van der Waals surface area contributed by atoms with E-state index in [1.54, 1.807) is 0 Å². The molecule has 0 saturated heterocycles. The molecule has 0 amide bonds. The van der Waals surface area contributed by atoms with Crippen molar-refractivity contribution in [1.29, 1.82) is 0 Å². The largest absolute Gasteiger partial charge is 5.00 e. The topological polar surface area (TPSA) is 258 Å². The van der Waals surface area contributed by atoms with Gasteiger partial charge >= 0.3 is 55.7 Å². The molecule has 0 fully saturated rings. The van der Waals surface area contributed by atoms with E-state index in [1.165, 1.54) is 0 Å². The van der Waals surface area contributed by atoms with Crippen LogP contribution in [0.3, 0.4) is 0 Å². The first-order chi connectivity index (χ1) is 12.1. The smallest absolute Gasteiger partial charge is 2.00 e. The van der Waals surface area contributed by atoms with Gasteiger partial charge in [-0.2, -0.15) is 0 Å². The standard InChI is InChI=1S/5C4H9O.5O.3V/c5*1-2-3-4-5;;;;;;;;/h5*2-4H2,1H3;;;;;;;;/q5*-1;5*-2;3*+5. The maximum absolute atomic E-state index is 9.53. The van der Waals surface area contributed by atoms with Gasteiger partial charge in [0, 0.05) is 0 Å². The van der Waals surface area contributed by atoms with Crippen LogP contribution in [-0.4, -0.2) is 33.0 Å². The van der Waals surface area contributed by atoms with Crippen LogP contribution >= 0.6 is 0 Å². The van der Waals surface area contributed by atoms with Crippen molar-refractivity contribution in [2.24, 2.45) is 0 Å². The van der Waals surface area contributed by atoms with Crippen LogP contribution in [0.25, 0.3) is 0 Å². The molecule has 200 valence electrons. The molecular formula is C20H45O10V3. The van der Waals surface area contributed by atoms with Gasteiger partial charge in [-0.15, -0.1) is 33.0 Å². The summed E-state index contributed by atoms with van der Waals surface area (Å²) >= 11 is 0. The van der Waals surface area contributed by atoms with Gasteiger partial charge in [-0.05, 0) is 0 Å². The molecule has 0 unspecified atom stereocenters. The Kier molecular flexibility index (Phi) is 332. The van der Waals surface area contributed by atoms with E-state index in [0.29, 0.717) is 0 Å². The molecule has 0 aromatic rings. The Bertz CT molecular complexity index is 114. The quantitative estimate of drug-likeness (QED) is 0.339. The zero-order chi connectivity index (χ0) is 20.6. The van der Waals surface area contributed by atoms with Gasteiger partial charge in [-0.1, -0.05) is 98.8 Å². The minimum atomic E-state index is 0. The van der Waals surface area contributed by atoms with Gasteiger partial charge in [0.15, 0.2) is 0 Å². The Labute approximate surface area is 239 Å². The molecule has 0 aliphatic carbocycles. The number of unbranched alkanes of at least 4 members (excludes halogenated alkanes) is 5. The zero-order valence-electron chi connectivity index (χ0n) is 21.0. The second kappa shape index (κ2) is 131. The van der Waals surface area contributed by atoms with E-state index >= 15 is 0 Å².